The number of rotatable bonds is 6. The number of amides is 1. The molecule has 0 bridgehead atoms. The summed E-state index contributed by atoms with van der Waals surface area (Å²) in [6.07, 6.45) is 1.63. The molecule has 0 saturated heterocycles. The van der Waals surface area contributed by atoms with Crippen LogP contribution in [-0.2, 0) is 9.59 Å². The molecule has 1 aromatic carbocycles. The van der Waals surface area contributed by atoms with Gasteiger partial charge in [0.15, 0.2) is 4.32 Å². The number of carboxylic acids is 1. The largest absolute Gasteiger partial charge is 0.481 e. The van der Waals surface area contributed by atoms with Gasteiger partial charge in [-0.3, -0.25) is 15.0 Å². The van der Waals surface area contributed by atoms with E-state index in [-0.39, 0.29) is 18.7 Å². The summed E-state index contributed by atoms with van der Waals surface area (Å²) < 4.78 is 0.585. The molecule has 6 nitrogen and oxygen atoms in total. The first-order valence-corrected chi connectivity index (χ1v) is 8.06. The minimum absolute atomic E-state index is 0.0480. The van der Waals surface area contributed by atoms with Gasteiger partial charge in [0.25, 0.3) is 0 Å². The predicted molar refractivity (Wildman–Crippen MR) is 93.4 cm³/mol. The second-order valence-corrected chi connectivity index (χ2v) is 5.80. The average Bonchev–Trinajstić information content (AvgIpc) is 2.51. The molecule has 0 fully saturated rings. The molecule has 0 radical (unpaired) electrons. The number of thioether (sulfide) groups is 1. The van der Waals surface area contributed by atoms with Gasteiger partial charge in [-0.2, -0.15) is 5.10 Å². The highest BCUT2D eigenvalue weighted by Crippen LogP contribution is 2.11. The molecule has 0 atom stereocenters. The van der Waals surface area contributed by atoms with Gasteiger partial charge in [-0.25, -0.2) is 0 Å². The molecule has 8 heteroatoms. The zero-order valence-electron chi connectivity index (χ0n) is 12.3. The SMILES string of the molecule is CSC(=S)N/N=C(\C)c1ccc(NC(=O)CCC(=O)O)cc1. The van der Waals surface area contributed by atoms with E-state index < -0.39 is 5.97 Å². The predicted octanol–water partition coefficient (Wildman–Crippen LogP) is 2.45. The number of hydrogen-bond acceptors (Lipinski definition) is 5. The molecule has 0 unspecified atom stereocenters. The number of thiocarbonyl (C=S) groups is 1. The summed E-state index contributed by atoms with van der Waals surface area (Å²) in [5, 5.41) is 15.3. The Morgan fingerprint density at radius 2 is 1.91 bits per heavy atom. The quantitative estimate of drug-likeness (QED) is 0.419. The second kappa shape index (κ2) is 9.16. The molecular weight excluding hydrogens is 322 g/mol. The smallest absolute Gasteiger partial charge is 0.303 e. The third-order valence-corrected chi connectivity index (χ3v) is 3.71. The van der Waals surface area contributed by atoms with Crippen LogP contribution in [0.1, 0.15) is 25.3 Å². The molecule has 0 spiro atoms. The highest BCUT2D eigenvalue weighted by molar-refractivity contribution is 8.22. The first kappa shape index (κ1) is 18.1. The van der Waals surface area contributed by atoms with Crippen molar-refractivity contribution in [2.24, 2.45) is 5.10 Å². The number of carbonyl (C=O) groups excluding carboxylic acids is 1. The van der Waals surface area contributed by atoms with E-state index in [1.807, 2.05) is 25.3 Å². The lowest BCUT2D eigenvalue weighted by Crippen LogP contribution is -2.14. The number of hydrogen-bond donors (Lipinski definition) is 3. The lowest BCUT2D eigenvalue weighted by atomic mass is 10.1. The number of nitrogens with one attached hydrogen (secondary N) is 2. The Labute approximate surface area is 138 Å². The van der Waals surface area contributed by atoms with Gasteiger partial charge in [-0.05, 0) is 30.9 Å². The van der Waals surface area contributed by atoms with Crippen LogP contribution in [0.15, 0.2) is 29.4 Å². The summed E-state index contributed by atoms with van der Waals surface area (Å²) in [6.45, 7) is 1.84. The van der Waals surface area contributed by atoms with Crippen LogP contribution < -0.4 is 10.7 Å². The zero-order valence-corrected chi connectivity index (χ0v) is 13.9. The summed E-state index contributed by atoms with van der Waals surface area (Å²) in [5.74, 6) is -1.32. The van der Waals surface area contributed by atoms with Crippen molar-refractivity contribution in [1.82, 2.24) is 5.43 Å². The zero-order chi connectivity index (χ0) is 16.5. The van der Waals surface area contributed by atoms with Gasteiger partial charge in [-0.15, -0.1) is 0 Å². The number of anilines is 1. The molecule has 0 aliphatic carbocycles. The third-order valence-electron chi connectivity index (χ3n) is 2.65. The Hall–Kier alpha value is -1.93. The van der Waals surface area contributed by atoms with Crippen LogP contribution >= 0.6 is 24.0 Å². The summed E-state index contributed by atoms with van der Waals surface area (Å²) in [5.41, 5.74) is 5.03. The number of nitrogens with zero attached hydrogens (tertiary/aromatic N) is 1. The molecule has 0 aromatic heterocycles. The summed E-state index contributed by atoms with van der Waals surface area (Å²) in [4.78, 5) is 21.9. The molecule has 0 saturated carbocycles. The molecule has 1 amide bonds. The van der Waals surface area contributed by atoms with Crippen LogP contribution in [0.2, 0.25) is 0 Å². The van der Waals surface area contributed by atoms with Crippen molar-refractivity contribution < 1.29 is 14.7 Å². The molecule has 1 rings (SSSR count). The molecule has 0 heterocycles. The fraction of sp³-hybridized carbons (Fsp3) is 0.286. The number of benzene rings is 1. The van der Waals surface area contributed by atoms with Crippen LogP contribution in [0, 0.1) is 0 Å². The monoisotopic (exact) mass is 339 g/mol. The van der Waals surface area contributed by atoms with Crippen LogP contribution in [0.25, 0.3) is 0 Å². The number of carboxylic acid groups (broad SMARTS) is 1. The highest BCUT2D eigenvalue weighted by Gasteiger charge is 2.06. The van der Waals surface area contributed by atoms with E-state index in [0.717, 1.165) is 11.3 Å². The molecule has 118 valence electrons. The van der Waals surface area contributed by atoms with Crippen LogP contribution in [-0.4, -0.2) is 33.3 Å². The molecule has 0 aliphatic heterocycles. The van der Waals surface area contributed by atoms with Crippen LogP contribution in [0.3, 0.4) is 0 Å². The molecule has 1 aromatic rings. The minimum atomic E-state index is -0.993. The second-order valence-electron chi connectivity index (χ2n) is 4.32. The number of carbonyl (C=O) groups is 2. The Morgan fingerprint density at radius 1 is 1.27 bits per heavy atom. The lowest BCUT2D eigenvalue weighted by Gasteiger charge is -2.06. The topological polar surface area (TPSA) is 90.8 Å². The molecular formula is C14H17N3O3S2. The third kappa shape index (κ3) is 6.68. The van der Waals surface area contributed by atoms with Crippen molar-refractivity contribution in [3.05, 3.63) is 29.8 Å². The lowest BCUT2D eigenvalue weighted by molar-refractivity contribution is -0.138. The first-order chi connectivity index (χ1) is 10.4. The van der Waals surface area contributed by atoms with Crippen LogP contribution in [0.5, 0.6) is 0 Å². The maximum Gasteiger partial charge on any atom is 0.303 e. The number of aliphatic carboxylic acids is 1. The van der Waals surface area contributed by atoms with E-state index in [1.165, 1.54) is 11.8 Å². The van der Waals surface area contributed by atoms with Crippen molar-refractivity contribution in [2.45, 2.75) is 19.8 Å². The number of hydrazone groups is 1. The van der Waals surface area contributed by atoms with Crippen LogP contribution in [0.4, 0.5) is 5.69 Å². The Balaban J connectivity index is 2.60. The summed E-state index contributed by atoms with van der Waals surface area (Å²) in [6, 6.07) is 7.10. The van der Waals surface area contributed by atoms with Gasteiger partial charge in [0.05, 0.1) is 12.1 Å². The van der Waals surface area contributed by atoms with Crippen molar-refractivity contribution in [3.63, 3.8) is 0 Å². The van der Waals surface area contributed by atoms with Gasteiger partial charge in [0.1, 0.15) is 0 Å². The molecule has 3 N–H and O–H groups in total. The van der Waals surface area contributed by atoms with Crippen molar-refractivity contribution in [3.8, 4) is 0 Å². The summed E-state index contributed by atoms with van der Waals surface area (Å²) >= 11 is 6.39. The Morgan fingerprint density at radius 3 is 2.45 bits per heavy atom. The van der Waals surface area contributed by atoms with Gasteiger partial charge in [-0.1, -0.05) is 36.1 Å². The standard InChI is InChI=1S/C14H17N3O3S2/c1-9(16-17-14(21)22-2)10-3-5-11(6-4-10)15-12(18)7-8-13(19)20/h3-6H,7-8H2,1-2H3,(H,15,18)(H,17,21)(H,19,20)/b16-9+. The molecule has 22 heavy (non-hydrogen) atoms. The fourth-order valence-corrected chi connectivity index (χ4v) is 1.66. The van der Waals surface area contributed by atoms with E-state index >= 15 is 0 Å². The van der Waals surface area contributed by atoms with E-state index in [4.69, 9.17) is 17.3 Å². The van der Waals surface area contributed by atoms with E-state index in [0.29, 0.717) is 10.0 Å². The Kier molecular flexibility index (Phi) is 7.55. The maximum absolute atomic E-state index is 11.5. The van der Waals surface area contributed by atoms with E-state index in [9.17, 15) is 9.59 Å². The summed E-state index contributed by atoms with van der Waals surface area (Å²) in [7, 11) is 0. The van der Waals surface area contributed by atoms with Gasteiger partial charge < -0.3 is 10.4 Å². The average molecular weight is 339 g/mol. The fourth-order valence-electron chi connectivity index (χ4n) is 1.48. The van der Waals surface area contributed by atoms with Crippen molar-refractivity contribution in [2.75, 3.05) is 11.6 Å². The van der Waals surface area contributed by atoms with Gasteiger partial charge >= 0.3 is 5.97 Å². The van der Waals surface area contributed by atoms with Gasteiger partial charge in [0.2, 0.25) is 5.91 Å². The van der Waals surface area contributed by atoms with E-state index in [2.05, 4.69) is 15.8 Å². The highest BCUT2D eigenvalue weighted by atomic mass is 32.2. The Bertz CT molecular complexity index is 586. The maximum atomic E-state index is 11.5. The molecule has 0 aliphatic rings. The van der Waals surface area contributed by atoms with Crippen molar-refractivity contribution >= 4 is 51.6 Å². The normalized spacial score (nSPS) is 10.9. The first-order valence-electron chi connectivity index (χ1n) is 6.42. The van der Waals surface area contributed by atoms with Crippen molar-refractivity contribution in [1.29, 1.82) is 0 Å². The van der Waals surface area contributed by atoms with E-state index in [1.54, 1.807) is 12.1 Å². The van der Waals surface area contributed by atoms with Gasteiger partial charge in [0, 0.05) is 12.1 Å². The minimum Gasteiger partial charge on any atom is -0.481 e.